The van der Waals surface area contributed by atoms with E-state index in [0.717, 1.165) is 7.11 Å². The number of oxime groups is 1. The van der Waals surface area contributed by atoms with Crippen LogP contribution in [0, 0.1) is 6.92 Å². The van der Waals surface area contributed by atoms with E-state index in [1.807, 2.05) is 0 Å². The van der Waals surface area contributed by atoms with Gasteiger partial charge in [0.2, 0.25) is 0 Å². The number of ether oxygens (including phenoxy) is 1. The fraction of sp³-hybridized carbons (Fsp3) is 0.417. The first-order chi connectivity index (χ1) is 12.1. The maximum Gasteiger partial charge on any atom is 1.00 e. The number of hydrogen-bond acceptors (Lipinski definition) is 10. The molecule has 2 rings (SSSR count). The van der Waals surface area contributed by atoms with Gasteiger partial charge in [-0.25, -0.2) is 9.78 Å². The van der Waals surface area contributed by atoms with Gasteiger partial charge in [0.05, 0.1) is 12.1 Å². The summed E-state index contributed by atoms with van der Waals surface area (Å²) in [7, 11) is -2.85. The third-order valence-corrected chi connectivity index (χ3v) is 4.97. The smallest absolute Gasteiger partial charge is 1.00 e. The molecular weight excluding hydrogens is 415 g/mol. The number of esters is 1. The van der Waals surface area contributed by atoms with Crippen LogP contribution in [0.1, 0.15) is 12.1 Å². The molecular formula is C12H15N4NaO8S2. The Balaban J connectivity index is 0.00000364. The van der Waals surface area contributed by atoms with Crippen LogP contribution in [0.2, 0.25) is 0 Å². The number of hydrogen-bond donors (Lipinski definition) is 2. The zero-order valence-corrected chi connectivity index (χ0v) is 18.3. The van der Waals surface area contributed by atoms with Crippen LogP contribution in [0.25, 0.3) is 0 Å². The van der Waals surface area contributed by atoms with Crippen LogP contribution in [0.5, 0.6) is 0 Å². The van der Waals surface area contributed by atoms with Gasteiger partial charge in [0, 0.05) is 5.38 Å². The van der Waals surface area contributed by atoms with Crippen LogP contribution >= 0.6 is 11.3 Å². The van der Waals surface area contributed by atoms with E-state index >= 15 is 0 Å². The minimum Gasteiger partial charge on any atom is -1.00 e. The molecule has 1 fully saturated rings. The molecule has 1 aliphatic heterocycles. The average molecular weight is 430 g/mol. The summed E-state index contributed by atoms with van der Waals surface area (Å²) in [6, 6.07) is -3.31. The zero-order chi connectivity index (χ0) is 19.6. The van der Waals surface area contributed by atoms with Gasteiger partial charge in [-0.15, -0.1) is 11.3 Å². The summed E-state index contributed by atoms with van der Waals surface area (Å²) in [5.74, 6) is -3.27. The first kappa shape index (κ1) is 23.5. The summed E-state index contributed by atoms with van der Waals surface area (Å²) in [6.07, 6.45) is 0. The average Bonchev–Trinajstić information content (AvgIpc) is 2.98. The first-order valence-electron chi connectivity index (χ1n) is 6.84. The third-order valence-electron chi connectivity index (χ3n) is 3.29. The molecule has 2 heterocycles. The van der Waals surface area contributed by atoms with Gasteiger partial charge in [-0.3, -0.25) is 14.1 Å². The summed E-state index contributed by atoms with van der Waals surface area (Å²) in [6.45, 7) is 1.70. The van der Waals surface area contributed by atoms with Crippen molar-refractivity contribution >= 4 is 45.1 Å². The number of thiazole rings is 1. The molecule has 2 amide bonds. The van der Waals surface area contributed by atoms with E-state index < -0.39 is 40.2 Å². The zero-order valence-electron chi connectivity index (χ0n) is 15.7. The Bertz CT molecular complexity index is 890. The Morgan fingerprint density at radius 2 is 2.07 bits per heavy atom. The maximum absolute atomic E-state index is 12.4. The predicted octanol–water partition coefficient (Wildman–Crippen LogP) is -4.41. The fourth-order valence-electron chi connectivity index (χ4n) is 2.19. The molecule has 0 aliphatic carbocycles. The number of carbonyl (C=O) groups excluding carboxylic acids is 3. The molecule has 0 bridgehead atoms. The van der Waals surface area contributed by atoms with Crippen molar-refractivity contribution in [2.24, 2.45) is 5.16 Å². The van der Waals surface area contributed by atoms with Crippen molar-refractivity contribution in [1.29, 1.82) is 0 Å². The quantitative estimate of drug-likeness (QED) is 0.113. The van der Waals surface area contributed by atoms with E-state index in [-0.39, 0.29) is 46.7 Å². The summed E-state index contributed by atoms with van der Waals surface area (Å²) in [5.41, 5.74) is -0.113. The molecule has 1 saturated heterocycles. The Morgan fingerprint density at radius 3 is 2.52 bits per heavy atom. The molecule has 2 N–H and O–H groups in total. The Hall–Kier alpha value is -1.58. The van der Waals surface area contributed by atoms with Crippen molar-refractivity contribution in [3.63, 3.8) is 0 Å². The molecule has 1 aliphatic rings. The van der Waals surface area contributed by atoms with Gasteiger partial charge in [0.15, 0.2) is 11.8 Å². The van der Waals surface area contributed by atoms with Crippen molar-refractivity contribution in [2.75, 3.05) is 14.2 Å². The van der Waals surface area contributed by atoms with E-state index in [9.17, 15) is 22.8 Å². The second-order valence-corrected chi connectivity index (χ2v) is 7.26. The number of amides is 2. The van der Waals surface area contributed by atoms with Crippen LogP contribution < -0.4 is 34.9 Å². The van der Waals surface area contributed by atoms with Gasteiger partial charge >= 0.3 is 45.8 Å². The van der Waals surface area contributed by atoms with E-state index in [4.69, 9.17) is 4.55 Å². The fourth-order valence-corrected chi connectivity index (χ4v) is 3.62. The molecule has 144 valence electrons. The molecule has 0 radical (unpaired) electrons. The van der Waals surface area contributed by atoms with Gasteiger partial charge in [0.25, 0.3) is 11.8 Å². The largest absolute Gasteiger partial charge is 1.00 e. The second kappa shape index (κ2) is 9.07. The summed E-state index contributed by atoms with van der Waals surface area (Å²) < 4.78 is 35.9. The van der Waals surface area contributed by atoms with Gasteiger partial charge in [-0.05, 0) is 6.92 Å². The summed E-state index contributed by atoms with van der Waals surface area (Å²) in [4.78, 5) is 44.8. The molecule has 1 aromatic heterocycles. The molecule has 0 saturated carbocycles. The number of aryl methyl sites for hydroxylation is 1. The Morgan fingerprint density at radius 1 is 1.44 bits per heavy atom. The molecule has 2 unspecified atom stereocenters. The first-order valence-corrected chi connectivity index (χ1v) is 9.12. The Labute approximate surface area is 181 Å². The van der Waals surface area contributed by atoms with Crippen molar-refractivity contribution in [2.45, 2.75) is 19.0 Å². The number of nitrogens with one attached hydrogen (secondary N) is 1. The monoisotopic (exact) mass is 430 g/mol. The normalized spacial score (nSPS) is 19.6. The molecule has 1 aromatic rings. The number of aromatic nitrogens is 1. The minimum atomic E-state index is -5.00. The van der Waals surface area contributed by atoms with Crippen LogP contribution in [-0.2, 0) is 34.3 Å². The number of carbonyl (C=O) groups is 3. The molecule has 0 spiro atoms. The van der Waals surface area contributed by atoms with Crippen molar-refractivity contribution in [3.05, 3.63) is 16.1 Å². The van der Waals surface area contributed by atoms with Crippen LogP contribution in [0.15, 0.2) is 10.5 Å². The van der Waals surface area contributed by atoms with Gasteiger partial charge in [-0.2, -0.15) is 12.7 Å². The van der Waals surface area contributed by atoms with Crippen LogP contribution in [0.3, 0.4) is 0 Å². The number of nitrogens with zero attached hydrogens (tertiary/aromatic N) is 3. The molecule has 15 heteroatoms. The summed E-state index contributed by atoms with van der Waals surface area (Å²) >= 11 is 1.24. The van der Waals surface area contributed by atoms with Crippen molar-refractivity contribution < 1.29 is 67.9 Å². The van der Waals surface area contributed by atoms with Gasteiger partial charge in [-0.1, -0.05) is 5.16 Å². The number of methoxy groups -OCH3 is 1. The minimum absolute atomic E-state index is 0. The van der Waals surface area contributed by atoms with E-state index in [0.29, 0.717) is 5.01 Å². The topological polar surface area (TPSA) is 165 Å². The third kappa shape index (κ3) is 4.83. The molecule has 0 aromatic carbocycles. The molecule has 12 nitrogen and oxygen atoms in total. The maximum atomic E-state index is 12.4. The van der Waals surface area contributed by atoms with Crippen LogP contribution in [0.4, 0.5) is 0 Å². The van der Waals surface area contributed by atoms with E-state index in [1.54, 1.807) is 6.92 Å². The Kier molecular flexibility index (Phi) is 7.88. The SMILES string of the molecule is CO/N=C(\C(=O)NC1C(=O)N(S(=O)(=O)O)C1C(=O)OC)c1csc(C)n1.[H-].[Na+]. The molecule has 27 heavy (non-hydrogen) atoms. The van der Waals surface area contributed by atoms with Gasteiger partial charge < -0.3 is 16.3 Å². The van der Waals surface area contributed by atoms with Crippen LogP contribution in [-0.4, -0.2) is 72.1 Å². The second-order valence-electron chi connectivity index (χ2n) is 4.91. The van der Waals surface area contributed by atoms with E-state index in [1.165, 1.54) is 23.8 Å². The number of rotatable bonds is 6. The van der Waals surface area contributed by atoms with Crippen molar-refractivity contribution in [1.82, 2.24) is 14.6 Å². The standard InChI is InChI=1S/C12H14N4O8S2.Na.H/c1-5-13-6(4-25-5)7(15-24-3)10(17)14-8-9(12(19)23-2)16(11(8)18)26(20,21)22;;/h4,8-9H,1-3H3,(H,14,17)(H,20,21,22);;/q;+1;-1/b15-7-;;. The van der Waals surface area contributed by atoms with Crippen molar-refractivity contribution in [3.8, 4) is 0 Å². The van der Waals surface area contributed by atoms with E-state index in [2.05, 4.69) is 25.0 Å². The molecule has 2 atom stereocenters. The summed E-state index contributed by atoms with van der Waals surface area (Å²) in [5, 5.41) is 7.88. The number of β-lactam (4-membered cyclic amide) rings is 1. The van der Waals surface area contributed by atoms with Gasteiger partial charge in [0.1, 0.15) is 18.8 Å². The predicted molar refractivity (Wildman–Crippen MR) is 87.6 cm³/mol.